The molecule has 12 nitrogen and oxygen atoms in total. The molecule has 8 rings (SSSR count). The minimum atomic E-state index is -0.654. The summed E-state index contributed by atoms with van der Waals surface area (Å²) in [6, 6.07) is 13.9. The van der Waals surface area contributed by atoms with E-state index >= 15 is 0 Å². The number of carbonyl (C=O) groups is 3. The predicted molar refractivity (Wildman–Crippen MR) is 195 cm³/mol. The van der Waals surface area contributed by atoms with Gasteiger partial charge >= 0.3 is 0 Å². The second kappa shape index (κ2) is 14.7. The van der Waals surface area contributed by atoms with Crippen molar-refractivity contribution in [3.05, 3.63) is 87.8 Å². The molecule has 1 saturated heterocycles. The minimum absolute atomic E-state index is 0.209. The molecule has 0 spiro atoms. The summed E-state index contributed by atoms with van der Waals surface area (Å²) in [4.78, 5) is 48.1. The van der Waals surface area contributed by atoms with Crippen molar-refractivity contribution in [2.24, 2.45) is 13.0 Å². The van der Waals surface area contributed by atoms with Crippen LogP contribution < -0.4 is 20.7 Å². The summed E-state index contributed by atoms with van der Waals surface area (Å²) in [5.74, 6) is 1.05. The van der Waals surface area contributed by atoms with Crippen molar-refractivity contribution in [1.82, 2.24) is 35.3 Å². The van der Waals surface area contributed by atoms with E-state index in [1.165, 1.54) is 24.1 Å². The van der Waals surface area contributed by atoms with E-state index in [0.29, 0.717) is 47.4 Å². The number of ether oxygens (including phenoxy) is 1. The summed E-state index contributed by atoms with van der Waals surface area (Å²) in [5, 5.41) is 14.7. The number of aromatic nitrogens is 4. The van der Waals surface area contributed by atoms with Crippen LogP contribution in [0.4, 0.5) is 5.95 Å². The molecule has 2 aliphatic heterocycles. The van der Waals surface area contributed by atoms with E-state index in [2.05, 4.69) is 50.3 Å². The number of hydrogen-bond donors (Lipinski definition) is 3. The van der Waals surface area contributed by atoms with Gasteiger partial charge in [-0.15, -0.1) is 0 Å². The number of nitrogens with one attached hydrogen (secondary N) is 3. The fourth-order valence-electron chi connectivity index (χ4n) is 7.62. The molecule has 4 aliphatic rings. The Hall–Kier alpha value is -4.81. The van der Waals surface area contributed by atoms with Gasteiger partial charge in [-0.1, -0.05) is 41.9 Å². The molecule has 270 valence electrons. The third kappa shape index (κ3) is 7.40. The van der Waals surface area contributed by atoms with E-state index < -0.39 is 11.9 Å². The topological polar surface area (TPSA) is 143 Å². The first kappa shape index (κ1) is 34.3. The molecule has 0 radical (unpaired) electrons. The summed E-state index contributed by atoms with van der Waals surface area (Å²) in [5.41, 5.74) is 6.46. The van der Waals surface area contributed by atoms with Crippen LogP contribution in [0.5, 0.6) is 5.75 Å². The maximum Gasteiger partial charge on any atom is 0.255 e. The number of carbonyl (C=O) groups excluding carboxylic acids is 3. The number of fused-ring (bicyclic) bond motifs is 1. The van der Waals surface area contributed by atoms with Crippen LogP contribution in [-0.4, -0.2) is 60.5 Å². The van der Waals surface area contributed by atoms with Crippen LogP contribution in [0, 0.1) is 5.92 Å². The maximum absolute atomic E-state index is 13.1. The first-order valence-corrected chi connectivity index (χ1v) is 18.7. The van der Waals surface area contributed by atoms with Gasteiger partial charge in [0.25, 0.3) is 5.91 Å². The molecule has 52 heavy (non-hydrogen) atoms. The molecule has 3 amide bonds. The Morgan fingerprint density at radius 2 is 1.69 bits per heavy atom. The lowest BCUT2D eigenvalue weighted by atomic mass is 9.91. The van der Waals surface area contributed by atoms with Crippen molar-refractivity contribution in [2.75, 3.05) is 5.32 Å². The number of anilines is 1. The monoisotopic (exact) mass is 722 g/mol. The standard InChI is InChI=1S/C39H43ClN8O4/c1-47-33(17-23-5-6-23)29(19-43-47)36-31(40)20-42-39(46-36)44-27-13-11-26(12-14-27)41-18-24-7-9-25(10-8-24)22-52-34-4-2-3-28-30(34)21-48(38(28)51)32-15-16-35(49)45-37(32)50/h2-4,7-10,19-20,23,26-27,32,41H,5-6,11-18,21-22H2,1H3,(H,42,44,46)(H,45,49,50)/t26-,27-,32-/m1/s1. The highest BCUT2D eigenvalue weighted by molar-refractivity contribution is 6.33. The van der Waals surface area contributed by atoms with Crippen LogP contribution in [0.2, 0.25) is 5.02 Å². The van der Waals surface area contributed by atoms with Crippen molar-refractivity contribution in [3.63, 3.8) is 0 Å². The maximum atomic E-state index is 13.1. The zero-order valence-corrected chi connectivity index (χ0v) is 30.0. The van der Waals surface area contributed by atoms with Gasteiger partial charge in [0.15, 0.2) is 0 Å². The van der Waals surface area contributed by atoms with Crippen molar-refractivity contribution >= 4 is 35.3 Å². The lowest BCUT2D eigenvalue weighted by Crippen LogP contribution is -2.52. The molecule has 0 bridgehead atoms. The number of nitrogens with zero attached hydrogens (tertiary/aromatic N) is 5. The average Bonchev–Trinajstić information content (AvgIpc) is 3.82. The smallest absolute Gasteiger partial charge is 0.255 e. The summed E-state index contributed by atoms with van der Waals surface area (Å²) < 4.78 is 8.14. The molecule has 3 fully saturated rings. The van der Waals surface area contributed by atoms with Crippen molar-refractivity contribution < 1.29 is 19.1 Å². The molecule has 2 aliphatic carbocycles. The highest BCUT2D eigenvalue weighted by atomic mass is 35.5. The number of aryl methyl sites for hydroxylation is 1. The quantitative estimate of drug-likeness (QED) is 0.165. The Kier molecular flexibility index (Phi) is 9.67. The summed E-state index contributed by atoms with van der Waals surface area (Å²) in [7, 11) is 1.98. The molecule has 4 aromatic rings. The van der Waals surface area contributed by atoms with Crippen LogP contribution in [0.1, 0.15) is 84.1 Å². The second-order valence-electron chi connectivity index (χ2n) is 14.5. The largest absolute Gasteiger partial charge is 0.489 e. The van der Waals surface area contributed by atoms with Crippen molar-refractivity contribution in [3.8, 4) is 17.0 Å². The SMILES string of the molecule is Cn1ncc(-c2nc(N[C@H]3CC[C@H](NCc4ccc(COc5cccc6c5CN([C@@H]5CCC(=O)NC5=O)C6=O)cc4)CC3)ncc2Cl)c1CC1CC1. The van der Waals surface area contributed by atoms with Gasteiger partial charge in [-0.05, 0) is 80.5 Å². The molecule has 0 unspecified atom stereocenters. The molecule has 2 aromatic heterocycles. The minimum Gasteiger partial charge on any atom is -0.489 e. The lowest BCUT2D eigenvalue weighted by Gasteiger charge is -2.30. The average molecular weight is 723 g/mol. The number of piperidine rings is 1. The van der Waals surface area contributed by atoms with E-state index in [0.717, 1.165) is 67.0 Å². The van der Waals surface area contributed by atoms with E-state index in [1.807, 2.05) is 24.0 Å². The second-order valence-corrected chi connectivity index (χ2v) is 14.9. The summed E-state index contributed by atoms with van der Waals surface area (Å²) >= 11 is 6.58. The normalized spacial score (nSPS) is 21.6. The molecular weight excluding hydrogens is 680 g/mol. The molecule has 1 atom stereocenters. The number of benzene rings is 2. The Morgan fingerprint density at radius 3 is 2.46 bits per heavy atom. The molecular formula is C39H43ClN8O4. The van der Waals surface area contributed by atoms with Crippen LogP contribution in [-0.2, 0) is 42.8 Å². The van der Waals surface area contributed by atoms with E-state index in [9.17, 15) is 14.4 Å². The first-order chi connectivity index (χ1) is 25.3. The van der Waals surface area contributed by atoms with Gasteiger partial charge in [0.1, 0.15) is 18.4 Å². The number of hydrogen-bond acceptors (Lipinski definition) is 9. The predicted octanol–water partition coefficient (Wildman–Crippen LogP) is 5.34. The van der Waals surface area contributed by atoms with Crippen molar-refractivity contribution in [1.29, 1.82) is 0 Å². The highest BCUT2D eigenvalue weighted by Crippen LogP contribution is 2.37. The Balaban J connectivity index is 0.800. The van der Waals surface area contributed by atoms with Gasteiger partial charge in [0, 0.05) is 54.5 Å². The fourth-order valence-corrected chi connectivity index (χ4v) is 7.81. The van der Waals surface area contributed by atoms with Crippen LogP contribution >= 0.6 is 11.6 Å². The fraction of sp³-hybridized carbons (Fsp3) is 0.436. The molecule has 13 heteroatoms. The Morgan fingerprint density at radius 1 is 0.923 bits per heavy atom. The number of rotatable bonds is 12. The summed E-state index contributed by atoms with van der Waals surface area (Å²) in [6.45, 7) is 1.42. The van der Waals surface area contributed by atoms with Crippen LogP contribution in [0.15, 0.2) is 54.9 Å². The third-order valence-corrected chi connectivity index (χ3v) is 11.1. The Bertz CT molecular complexity index is 1990. The van der Waals surface area contributed by atoms with Crippen LogP contribution in [0.3, 0.4) is 0 Å². The zero-order valence-electron chi connectivity index (χ0n) is 29.2. The van der Waals surface area contributed by atoms with Gasteiger partial charge in [0.05, 0.1) is 29.7 Å². The number of amides is 3. The summed E-state index contributed by atoms with van der Waals surface area (Å²) in [6.07, 6.45) is 11.8. The van der Waals surface area contributed by atoms with Gasteiger partial charge in [-0.25, -0.2) is 9.97 Å². The van der Waals surface area contributed by atoms with Gasteiger partial charge < -0.3 is 20.3 Å². The van der Waals surface area contributed by atoms with E-state index in [4.69, 9.17) is 21.3 Å². The number of halogens is 1. The molecule has 3 N–H and O–H groups in total. The zero-order chi connectivity index (χ0) is 35.8. The lowest BCUT2D eigenvalue weighted by molar-refractivity contribution is -0.136. The highest BCUT2D eigenvalue weighted by Gasteiger charge is 2.40. The van der Waals surface area contributed by atoms with E-state index in [1.54, 1.807) is 23.2 Å². The first-order valence-electron chi connectivity index (χ1n) is 18.3. The van der Waals surface area contributed by atoms with E-state index in [-0.39, 0.29) is 24.8 Å². The van der Waals surface area contributed by atoms with Gasteiger partial charge in [-0.2, -0.15) is 5.10 Å². The van der Waals surface area contributed by atoms with Gasteiger partial charge in [-0.3, -0.25) is 24.4 Å². The van der Waals surface area contributed by atoms with Crippen molar-refractivity contribution in [2.45, 2.75) is 95.6 Å². The van der Waals surface area contributed by atoms with Crippen LogP contribution in [0.25, 0.3) is 11.3 Å². The molecule has 2 saturated carbocycles. The molecule has 2 aromatic carbocycles. The third-order valence-electron chi connectivity index (χ3n) is 10.9. The molecule has 4 heterocycles. The Labute approximate surface area is 307 Å². The number of imide groups is 1. The van der Waals surface area contributed by atoms with Gasteiger partial charge in [0.2, 0.25) is 17.8 Å².